The van der Waals surface area contributed by atoms with Crippen LogP contribution in [0.1, 0.15) is 50.8 Å². The molecule has 0 unspecified atom stereocenters. The van der Waals surface area contributed by atoms with Gasteiger partial charge in [0.05, 0.1) is 12.0 Å². The van der Waals surface area contributed by atoms with Gasteiger partial charge in [0.25, 0.3) is 0 Å². The van der Waals surface area contributed by atoms with Crippen molar-refractivity contribution in [2.24, 2.45) is 0 Å². The summed E-state index contributed by atoms with van der Waals surface area (Å²) in [5.41, 5.74) is 1.33. The van der Waals surface area contributed by atoms with Crippen LogP contribution in [0.5, 0.6) is 0 Å². The van der Waals surface area contributed by atoms with Crippen molar-refractivity contribution < 1.29 is 4.74 Å². The molecule has 102 valence electrons. The molecular formula is C14H25N3O. The molecule has 0 amide bonds. The highest BCUT2D eigenvalue weighted by Gasteiger charge is 2.19. The molecule has 18 heavy (non-hydrogen) atoms. The van der Waals surface area contributed by atoms with Gasteiger partial charge in [0, 0.05) is 32.0 Å². The zero-order chi connectivity index (χ0) is 12.6. The van der Waals surface area contributed by atoms with Gasteiger partial charge in [-0.3, -0.25) is 0 Å². The van der Waals surface area contributed by atoms with E-state index in [0.29, 0.717) is 6.04 Å². The molecule has 4 heteroatoms. The van der Waals surface area contributed by atoms with Crippen LogP contribution in [0.25, 0.3) is 0 Å². The smallest absolute Gasteiger partial charge is 0.0948 e. The van der Waals surface area contributed by atoms with Crippen LogP contribution >= 0.6 is 0 Å². The zero-order valence-corrected chi connectivity index (χ0v) is 11.4. The van der Waals surface area contributed by atoms with Gasteiger partial charge < -0.3 is 14.6 Å². The van der Waals surface area contributed by atoms with Gasteiger partial charge in [-0.1, -0.05) is 13.3 Å². The van der Waals surface area contributed by atoms with Gasteiger partial charge in [0.15, 0.2) is 0 Å². The third-order valence-corrected chi connectivity index (χ3v) is 3.49. The van der Waals surface area contributed by atoms with E-state index < -0.39 is 0 Å². The maximum absolute atomic E-state index is 5.59. The molecule has 1 fully saturated rings. The van der Waals surface area contributed by atoms with E-state index >= 15 is 0 Å². The maximum Gasteiger partial charge on any atom is 0.0948 e. The summed E-state index contributed by atoms with van der Waals surface area (Å²) >= 11 is 0. The van der Waals surface area contributed by atoms with Crippen LogP contribution in [0, 0.1) is 0 Å². The molecule has 1 aliphatic rings. The van der Waals surface area contributed by atoms with E-state index in [1.54, 1.807) is 0 Å². The lowest BCUT2D eigenvalue weighted by Gasteiger charge is -2.13. The predicted octanol–water partition coefficient (Wildman–Crippen LogP) is 2.51. The largest absolute Gasteiger partial charge is 0.381 e. The highest BCUT2D eigenvalue weighted by atomic mass is 16.5. The summed E-state index contributed by atoms with van der Waals surface area (Å²) in [6, 6.07) is 0.508. The van der Waals surface area contributed by atoms with E-state index in [2.05, 4.69) is 21.8 Å². The van der Waals surface area contributed by atoms with Crippen LogP contribution in [0.2, 0.25) is 0 Å². The number of ether oxygens (including phenoxy) is 1. The molecule has 0 radical (unpaired) electrons. The second kappa shape index (κ2) is 7.54. The maximum atomic E-state index is 5.59. The number of aryl methyl sites for hydroxylation is 1. The van der Waals surface area contributed by atoms with Crippen LogP contribution < -0.4 is 5.32 Å². The standard InChI is InChI=1S/C14H25N3O/c1-2-3-9-18-10-5-8-17-12-15-11-14(17)13-6-4-7-16-13/h11-13,16H,2-10H2,1H3/t13-/m0/s1. The lowest BCUT2D eigenvalue weighted by atomic mass is 10.2. The van der Waals surface area contributed by atoms with Crippen LogP contribution in [-0.4, -0.2) is 29.3 Å². The minimum Gasteiger partial charge on any atom is -0.381 e. The second-order valence-corrected chi connectivity index (χ2v) is 4.98. The van der Waals surface area contributed by atoms with Gasteiger partial charge in [-0.25, -0.2) is 4.98 Å². The number of nitrogens with one attached hydrogen (secondary N) is 1. The quantitative estimate of drug-likeness (QED) is 0.722. The first-order valence-corrected chi connectivity index (χ1v) is 7.23. The zero-order valence-electron chi connectivity index (χ0n) is 11.4. The van der Waals surface area contributed by atoms with E-state index in [1.807, 2.05) is 12.5 Å². The molecule has 0 saturated carbocycles. The summed E-state index contributed by atoms with van der Waals surface area (Å²) in [4.78, 5) is 4.28. The number of hydrogen-bond donors (Lipinski definition) is 1. The topological polar surface area (TPSA) is 39.1 Å². The van der Waals surface area contributed by atoms with Crippen molar-refractivity contribution in [3.05, 3.63) is 18.2 Å². The molecule has 0 bridgehead atoms. The Kier molecular flexibility index (Phi) is 5.68. The van der Waals surface area contributed by atoms with Crippen molar-refractivity contribution in [2.45, 2.75) is 51.6 Å². The predicted molar refractivity (Wildman–Crippen MR) is 72.5 cm³/mol. The molecule has 1 aromatic heterocycles. The van der Waals surface area contributed by atoms with E-state index in [1.165, 1.54) is 31.4 Å². The molecule has 0 aromatic carbocycles. The first-order chi connectivity index (χ1) is 8.92. The van der Waals surface area contributed by atoms with Crippen molar-refractivity contribution >= 4 is 0 Å². The van der Waals surface area contributed by atoms with Gasteiger partial charge in [-0.05, 0) is 32.2 Å². The van der Waals surface area contributed by atoms with E-state index in [0.717, 1.165) is 32.7 Å². The van der Waals surface area contributed by atoms with Crippen molar-refractivity contribution in [1.29, 1.82) is 0 Å². The van der Waals surface area contributed by atoms with Gasteiger partial charge in [-0.2, -0.15) is 0 Å². The third-order valence-electron chi connectivity index (χ3n) is 3.49. The lowest BCUT2D eigenvalue weighted by molar-refractivity contribution is 0.125. The molecule has 4 nitrogen and oxygen atoms in total. The Morgan fingerprint density at radius 1 is 1.44 bits per heavy atom. The van der Waals surface area contributed by atoms with Gasteiger partial charge in [0.1, 0.15) is 0 Å². The third kappa shape index (κ3) is 3.82. The van der Waals surface area contributed by atoms with Crippen molar-refractivity contribution in [1.82, 2.24) is 14.9 Å². The number of rotatable bonds is 8. The fourth-order valence-corrected chi connectivity index (χ4v) is 2.43. The van der Waals surface area contributed by atoms with Crippen LogP contribution in [0.4, 0.5) is 0 Å². The molecule has 1 aliphatic heterocycles. The normalized spacial score (nSPS) is 19.5. The highest BCUT2D eigenvalue weighted by molar-refractivity contribution is 5.07. The van der Waals surface area contributed by atoms with E-state index in [4.69, 9.17) is 4.74 Å². The molecule has 1 N–H and O–H groups in total. The van der Waals surface area contributed by atoms with Gasteiger partial charge >= 0.3 is 0 Å². The average Bonchev–Trinajstić information content (AvgIpc) is 3.03. The average molecular weight is 251 g/mol. The monoisotopic (exact) mass is 251 g/mol. The van der Waals surface area contributed by atoms with Crippen molar-refractivity contribution in [3.63, 3.8) is 0 Å². The van der Waals surface area contributed by atoms with Crippen molar-refractivity contribution in [3.8, 4) is 0 Å². The minimum absolute atomic E-state index is 0.508. The Hall–Kier alpha value is -0.870. The summed E-state index contributed by atoms with van der Waals surface area (Å²) in [6.07, 6.45) is 9.90. The Morgan fingerprint density at radius 3 is 3.11 bits per heavy atom. The summed E-state index contributed by atoms with van der Waals surface area (Å²) < 4.78 is 7.86. The highest BCUT2D eigenvalue weighted by Crippen LogP contribution is 2.22. The van der Waals surface area contributed by atoms with E-state index in [-0.39, 0.29) is 0 Å². The summed E-state index contributed by atoms with van der Waals surface area (Å²) in [5.74, 6) is 0. The molecule has 1 aromatic rings. The molecule has 2 heterocycles. The first kappa shape index (κ1) is 13.6. The molecule has 0 aliphatic carbocycles. The Bertz CT molecular complexity index is 332. The molecule has 2 rings (SSSR count). The summed E-state index contributed by atoms with van der Waals surface area (Å²) in [7, 11) is 0. The van der Waals surface area contributed by atoms with Gasteiger partial charge in [-0.15, -0.1) is 0 Å². The fourth-order valence-electron chi connectivity index (χ4n) is 2.43. The van der Waals surface area contributed by atoms with Crippen molar-refractivity contribution in [2.75, 3.05) is 19.8 Å². The van der Waals surface area contributed by atoms with Crippen LogP contribution in [0.3, 0.4) is 0 Å². The number of aromatic nitrogens is 2. The number of hydrogen-bond acceptors (Lipinski definition) is 3. The summed E-state index contributed by atoms with van der Waals surface area (Å²) in [5, 5.41) is 3.53. The molecule has 0 spiro atoms. The number of unbranched alkanes of at least 4 members (excludes halogenated alkanes) is 1. The van der Waals surface area contributed by atoms with Crippen LogP contribution in [0.15, 0.2) is 12.5 Å². The first-order valence-electron chi connectivity index (χ1n) is 7.23. The molecule has 1 atom stereocenters. The Morgan fingerprint density at radius 2 is 2.33 bits per heavy atom. The SMILES string of the molecule is CCCCOCCCn1cncc1[C@@H]1CCCN1. The molecule has 1 saturated heterocycles. The van der Waals surface area contributed by atoms with Crippen LogP contribution in [-0.2, 0) is 11.3 Å². The summed E-state index contributed by atoms with van der Waals surface area (Å²) in [6.45, 7) is 6.10. The molecular weight excluding hydrogens is 226 g/mol. The van der Waals surface area contributed by atoms with Gasteiger partial charge in [0.2, 0.25) is 0 Å². The number of imidazole rings is 1. The van der Waals surface area contributed by atoms with E-state index in [9.17, 15) is 0 Å². The lowest BCUT2D eigenvalue weighted by Crippen LogP contribution is -2.17. The second-order valence-electron chi connectivity index (χ2n) is 4.98. The minimum atomic E-state index is 0.508. The number of nitrogens with zero attached hydrogens (tertiary/aromatic N) is 2. The fraction of sp³-hybridized carbons (Fsp3) is 0.786. The Labute approximate surface area is 110 Å². The Balaban J connectivity index is 1.70.